The number of rotatable bonds is 10. The molecule has 0 aliphatic carbocycles. The third-order valence-corrected chi connectivity index (χ3v) is 2.21. The van der Waals surface area contributed by atoms with Crippen molar-refractivity contribution in [2.75, 3.05) is 19.7 Å². The summed E-state index contributed by atoms with van der Waals surface area (Å²) in [4.78, 5) is 9.90. The first-order valence-corrected chi connectivity index (χ1v) is 6.41. The second-order valence-electron chi connectivity index (χ2n) is 3.92. The van der Waals surface area contributed by atoms with Crippen LogP contribution < -0.4 is 11.5 Å². The molecule has 6 N–H and O–H groups in total. The van der Waals surface area contributed by atoms with E-state index in [1.54, 1.807) is 0 Å². The van der Waals surface area contributed by atoms with Crippen LogP contribution in [-0.2, 0) is 4.79 Å². The summed E-state index contributed by atoms with van der Waals surface area (Å²) in [5.41, 5.74) is 10.6. The van der Waals surface area contributed by atoms with E-state index in [0.717, 1.165) is 32.4 Å². The number of aliphatic hydroxyl groups is 1. The van der Waals surface area contributed by atoms with Gasteiger partial charge in [-0.2, -0.15) is 0 Å². The third kappa shape index (κ3) is 25.5. The number of aliphatic carboxylic acids is 1. The van der Waals surface area contributed by atoms with Crippen LogP contribution in [0, 0.1) is 0 Å². The van der Waals surface area contributed by atoms with Gasteiger partial charge in [0.05, 0.1) is 0 Å². The zero-order valence-electron chi connectivity index (χ0n) is 10.7. The summed E-state index contributed by atoms with van der Waals surface area (Å²) in [5.74, 6) is -0.757. The molecule has 0 saturated heterocycles. The van der Waals surface area contributed by atoms with Crippen molar-refractivity contribution in [2.24, 2.45) is 11.5 Å². The van der Waals surface area contributed by atoms with Crippen LogP contribution in [0.3, 0.4) is 0 Å². The van der Waals surface area contributed by atoms with Gasteiger partial charge in [0, 0.05) is 13.0 Å². The number of hydrogen-bond donors (Lipinski definition) is 4. The number of carboxylic acid groups (broad SMARTS) is 1. The molecule has 0 rings (SSSR count). The van der Waals surface area contributed by atoms with Crippen LogP contribution >= 0.6 is 0 Å². The summed E-state index contributed by atoms with van der Waals surface area (Å²) < 4.78 is 0. The van der Waals surface area contributed by atoms with Crippen molar-refractivity contribution in [3.05, 3.63) is 0 Å². The maximum atomic E-state index is 9.90. The van der Waals surface area contributed by atoms with Crippen molar-refractivity contribution in [2.45, 2.75) is 51.4 Å². The van der Waals surface area contributed by atoms with Crippen LogP contribution in [0.5, 0.6) is 0 Å². The molecule has 0 aliphatic rings. The lowest BCUT2D eigenvalue weighted by atomic mass is 10.2. The second-order valence-corrected chi connectivity index (χ2v) is 3.92. The molecule has 0 aromatic carbocycles. The molecule has 0 unspecified atom stereocenters. The number of aliphatic hydroxyl groups excluding tert-OH is 1. The fourth-order valence-electron chi connectivity index (χ4n) is 1.21. The highest BCUT2D eigenvalue weighted by Crippen LogP contribution is 1.97. The molecule has 17 heavy (non-hydrogen) atoms. The van der Waals surface area contributed by atoms with Crippen LogP contribution in [0.4, 0.5) is 0 Å². The largest absolute Gasteiger partial charge is 0.481 e. The molecule has 5 heteroatoms. The molecular weight excluding hydrogens is 220 g/mol. The quantitative estimate of drug-likeness (QED) is 0.433. The zero-order valence-corrected chi connectivity index (χ0v) is 10.7. The fraction of sp³-hybridized carbons (Fsp3) is 0.917. The Kier molecular flexibility index (Phi) is 19.5. The molecule has 0 spiro atoms. The Bertz CT molecular complexity index is 149. The maximum absolute atomic E-state index is 9.90. The first-order chi connectivity index (χ1) is 8.18. The minimum atomic E-state index is -0.757. The van der Waals surface area contributed by atoms with E-state index in [0.29, 0.717) is 12.8 Å². The number of carbonyl (C=O) groups is 1. The van der Waals surface area contributed by atoms with Gasteiger partial charge in [-0.05, 0) is 38.8 Å². The van der Waals surface area contributed by atoms with E-state index in [1.807, 2.05) is 0 Å². The SMILES string of the molecule is NCCCCCCN.O=C(O)CCCCCO. The van der Waals surface area contributed by atoms with Crippen molar-refractivity contribution in [3.8, 4) is 0 Å². The molecule has 0 heterocycles. The molecule has 0 saturated carbocycles. The normalized spacial score (nSPS) is 9.59. The van der Waals surface area contributed by atoms with E-state index < -0.39 is 5.97 Å². The van der Waals surface area contributed by atoms with Gasteiger partial charge < -0.3 is 21.7 Å². The minimum absolute atomic E-state index is 0.166. The number of unbranched alkanes of at least 4 members (excludes halogenated alkanes) is 5. The number of carboxylic acids is 1. The molecule has 0 radical (unpaired) electrons. The lowest BCUT2D eigenvalue weighted by Gasteiger charge is -1.94. The van der Waals surface area contributed by atoms with Gasteiger partial charge in [-0.3, -0.25) is 4.79 Å². The fourth-order valence-corrected chi connectivity index (χ4v) is 1.21. The Balaban J connectivity index is 0. The van der Waals surface area contributed by atoms with Crippen LogP contribution in [0.15, 0.2) is 0 Å². The highest BCUT2D eigenvalue weighted by atomic mass is 16.4. The van der Waals surface area contributed by atoms with Gasteiger partial charge in [0.15, 0.2) is 0 Å². The Hall–Kier alpha value is -0.650. The molecule has 0 fully saturated rings. The lowest BCUT2D eigenvalue weighted by Crippen LogP contribution is -2.00. The smallest absolute Gasteiger partial charge is 0.303 e. The predicted molar refractivity (Wildman–Crippen MR) is 69.8 cm³/mol. The highest BCUT2D eigenvalue weighted by Gasteiger charge is 1.94. The lowest BCUT2D eigenvalue weighted by molar-refractivity contribution is -0.137. The third-order valence-electron chi connectivity index (χ3n) is 2.21. The van der Waals surface area contributed by atoms with E-state index in [-0.39, 0.29) is 13.0 Å². The van der Waals surface area contributed by atoms with E-state index >= 15 is 0 Å². The first-order valence-electron chi connectivity index (χ1n) is 6.41. The Morgan fingerprint density at radius 3 is 1.65 bits per heavy atom. The van der Waals surface area contributed by atoms with Gasteiger partial charge in [0.1, 0.15) is 0 Å². The van der Waals surface area contributed by atoms with E-state index in [2.05, 4.69) is 0 Å². The molecule has 0 amide bonds. The number of nitrogens with two attached hydrogens (primary N) is 2. The summed E-state index contributed by atoms with van der Waals surface area (Å²) in [6.07, 6.45) is 7.22. The molecule has 5 nitrogen and oxygen atoms in total. The van der Waals surface area contributed by atoms with Crippen molar-refractivity contribution in [1.82, 2.24) is 0 Å². The number of hydrogen-bond acceptors (Lipinski definition) is 4. The molecule has 0 aliphatic heterocycles. The van der Waals surface area contributed by atoms with Crippen LogP contribution in [0.2, 0.25) is 0 Å². The van der Waals surface area contributed by atoms with Crippen molar-refractivity contribution in [3.63, 3.8) is 0 Å². The summed E-state index contributed by atoms with van der Waals surface area (Å²) in [7, 11) is 0. The first kappa shape index (κ1) is 18.7. The van der Waals surface area contributed by atoms with Gasteiger partial charge >= 0.3 is 5.97 Å². The summed E-state index contributed by atoms with van der Waals surface area (Å²) in [6, 6.07) is 0. The van der Waals surface area contributed by atoms with Gasteiger partial charge in [-0.1, -0.05) is 19.3 Å². The van der Waals surface area contributed by atoms with Gasteiger partial charge in [-0.25, -0.2) is 0 Å². The van der Waals surface area contributed by atoms with Crippen molar-refractivity contribution in [1.29, 1.82) is 0 Å². The Morgan fingerprint density at radius 1 is 0.824 bits per heavy atom. The molecule has 0 bridgehead atoms. The summed E-state index contributed by atoms with van der Waals surface area (Å²) >= 11 is 0. The van der Waals surface area contributed by atoms with Crippen molar-refractivity contribution < 1.29 is 15.0 Å². The van der Waals surface area contributed by atoms with Crippen LogP contribution in [-0.4, -0.2) is 35.9 Å². The van der Waals surface area contributed by atoms with Crippen LogP contribution in [0.25, 0.3) is 0 Å². The van der Waals surface area contributed by atoms with E-state index in [1.165, 1.54) is 12.8 Å². The highest BCUT2D eigenvalue weighted by molar-refractivity contribution is 5.66. The van der Waals surface area contributed by atoms with Gasteiger partial charge in [0.2, 0.25) is 0 Å². The Morgan fingerprint density at radius 2 is 1.29 bits per heavy atom. The zero-order chi connectivity index (χ0) is 13.4. The monoisotopic (exact) mass is 248 g/mol. The van der Waals surface area contributed by atoms with E-state index in [9.17, 15) is 4.79 Å². The summed E-state index contributed by atoms with van der Waals surface area (Å²) in [5, 5.41) is 16.4. The minimum Gasteiger partial charge on any atom is -0.481 e. The maximum Gasteiger partial charge on any atom is 0.303 e. The molecular formula is C12H28N2O3. The predicted octanol–water partition coefficient (Wildman–Crippen LogP) is 1.09. The Labute approximate surface area is 104 Å². The topological polar surface area (TPSA) is 110 Å². The summed E-state index contributed by atoms with van der Waals surface area (Å²) in [6.45, 7) is 1.81. The van der Waals surface area contributed by atoms with Crippen molar-refractivity contribution >= 4 is 5.97 Å². The van der Waals surface area contributed by atoms with Gasteiger partial charge in [0.25, 0.3) is 0 Å². The molecule has 0 aromatic rings. The van der Waals surface area contributed by atoms with Crippen LogP contribution in [0.1, 0.15) is 51.4 Å². The molecule has 0 aromatic heterocycles. The standard InChI is InChI=1S/C6H16N2.C6H12O3/c7-5-3-1-2-4-6-8;7-5-3-1-2-4-6(8)9/h1-8H2;7H,1-5H2,(H,8,9). The van der Waals surface area contributed by atoms with E-state index in [4.69, 9.17) is 21.7 Å². The molecule has 0 atom stereocenters. The molecule has 104 valence electrons. The van der Waals surface area contributed by atoms with Gasteiger partial charge in [-0.15, -0.1) is 0 Å². The average Bonchev–Trinajstić information content (AvgIpc) is 2.31. The second kappa shape index (κ2) is 17.7. The average molecular weight is 248 g/mol.